The summed E-state index contributed by atoms with van der Waals surface area (Å²) >= 11 is 0. The van der Waals surface area contributed by atoms with Crippen LogP contribution in [0.3, 0.4) is 0 Å². The first-order chi connectivity index (χ1) is 31.5. The number of hydrogen-bond acceptors (Lipinski definition) is 2. The normalized spacial score (nSPS) is 14.0. The SMILES string of the molecule is CC1(C)c2ccccc2-c2ccc(N(c3ccc(C4(c5ccccc5)c5ccccc5-c5ccccc54)cc3)c3ccc4oc5cc(-c6ccccc6)c6ccccc6c5c4c3)cc21. The second-order valence-corrected chi connectivity index (χ2v) is 18.0. The molecule has 0 spiro atoms. The molecule has 0 unspecified atom stereocenters. The molecule has 302 valence electrons. The maximum Gasteiger partial charge on any atom is 0.136 e. The lowest BCUT2D eigenvalue weighted by molar-refractivity contribution is 0.660. The maximum atomic E-state index is 6.76. The third-order valence-corrected chi connectivity index (χ3v) is 14.3. The van der Waals surface area contributed by atoms with Gasteiger partial charge in [-0.05, 0) is 126 Å². The molecule has 0 saturated heterocycles. The monoisotopic (exact) mass is 817 g/mol. The number of nitrogens with zero attached hydrogens (tertiary/aromatic N) is 1. The highest BCUT2D eigenvalue weighted by molar-refractivity contribution is 6.22. The van der Waals surface area contributed by atoms with Gasteiger partial charge in [-0.3, -0.25) is 0 Å². The second kappa shape index (κ2) is 13.8. The molecular weight excluding hydrogens is 775 g/mol. The third-order valence-electron chi connectivity index (χ3n) is 14.3. The summed E-state index contributed by atoms with van der Waals surface area (Å²) < 4.78 is 6.76. The van der Waals surface area contributed by atoms with Crippen molar-refractivity contribution in [1.29, 1.82) is 0 Å². The first-order valence-corrected chi connectivity index (χ1v) is 22.3. The quantitative estimate of drug-likeness (QED) is 0.166. The van der Waals surface area contributed by atoms with Gasteiger partial charge >= 0.3 is 0 Å². The van der Waals surface area contributed by atoms with E-state index in [1.54, 1.807) is 0 Å². The van der Waals surface area contributed by atoms with Gasteiger partial charge in [-0.25, -0.2) is 0 Å². The average Bonchev–Trinajstić information content (AvgIpc) is 3.96. The van der Waals surface area contributed by atoms with Crippen molar-refractivity contribution in [1.82, 2.24) is 0 Å². The fraction of sp³-hybridized carbons (Fsp3) is 0.0645. The van der Waals surface area contributed by atoms with Crippen LogP contribution in [0.25, 0.3) is 66.1 Å². The zero-order chi connectivity index (χ0) is 42.6. The molecule has 1 aromatic heterocycles. The third kappa shape index (κ3) is 5.14. The highest BCUT2D eigenvalue weighted by Gasteiger charge is 2.46. The van der Waals surface area contributed by atoms with Gasteiger partial charge in [0.15, 0.2) is 0 Å². The van der Waals surface area contributed by atoms with Crippen LogP contribution in [0.5, 0.6) is 0 Å². The van der Waals surface area contributed by atoms with E-state index in [2.05, 4.69) is 243 Å². The molecular formula is C62H43NO. The van der Waals surface area contributed by atoms with Crippen molar-refractivity contribution in [3.05, 3.63) is 258 Å². The van der Waals surface area contributed by atoms with Crippen LogP contribution in [-0.4, -0.2) is 0 Å². The Morgan fingerprint density at radius 1 is 0.344 bits per heavy atom. The molecule has 0 N–H and O–H groups in total. The Bertz CT molecular complexity index is 3590. The van der Waals surface area contributed by atoms with Crippen LogP contribution in [0, 0.1) is 0 Å². The van der Waals surface area contributed by atoms with E-state index in [1.807, 2.05) is 0 Å². The van der Waals surface area contributed by atoms with Crippen molar-refractivity contribution < 1.29 is 4.42 Å². The Kier molecular flexibility index (Phi) is 7.90. The molecule has 0 radical (unpaired) electrons. The molecule has 10 aromatic carbocycles. The topological polar surface area (TPSA) is 16.4 Å². The minimum atomic E-state index is -0.477. The number of hydrogen-bond donors (Lipinski definition) is 0. The Balaban J connectivity index is 1.03. The predicted octanol–water partition coefficient (Wildman–Crippen LogP) is 16.5. The molecule has 2 heteroatoms. The van der Waals surface area contributed by atoms with Crippen LogP contribution in [0.2, 0.25) is 0 Å². The maximum absolute atomic E-state index is 6.76. The van der Waals surface area contributed by atoms with Crippen LogP contribution >= 0.6 is 0 Å². The molecule has 13 rings (SSSR count). The number of anilines is 3. The molecule has 0 aliphatic heterocycles. The van der Waals surface area contributed by atoms with Gasteiger partial charge < -0.3 is 9.32 Å². The van der Waals surface area contributed by atoms with Gasteiger partial charge in [-0.15, -0.1) is 0 Å². The van der Waals surface area contributed by atoms with Gasteiger partial charge in [0.1, 0.15) is 11.2 Å². The highest BCUT2D eigenvalue weighted by atomic mass is 16.3. The lowest BCUT2D eigenvalue weighted by Crippen LogP contribution is -2.28. The Morgan fingerprint density at radius 3 is 1.56 bits per heavy atom. The summed E-state index contributed by atoms with van der Waals surface area (Å²) in [5.74, 6) is 0. The second-order valence-electron chi connectivity index (χ2n) is 18.0. The zero-order valence-corrected chi connectivity index (χ0v) is 35.7. The standard InChI is InChI=1S/C62H43NO/c1-61(2)54-26-14-11-22-47(54)50-35-33-45(38-57(50)61)63(44-34-36-58-53(37-44)60-51-25-10-9-21-46(51)52(39-59(60)64-58)40-17-5-3-6-18-40)43-31-29-42(30-32-43)62(41-19-7-4-8-20-41)55-27-15-12-23-48(55)49-24-13-16-28-56(49)62/h3-39H,1-2H3. The summed E-state index contributed by atoms with van der Waals surface area (Å²) in [5.41, 5.74) is 19.8. The van der Waals surface area contributed by atoms with Crippen LogP contribution < -0.4 is 4.90 Å². The first-order valence-electron chi connectivity index (χ1n) is 22.3. The zero-order valence-electron chi connectivity index (χ0n) is 35.7. The molecule has 0 fully saturated rings. The molecule has 2 nitrogen and oxygen atoms in total. The van der Waals surface area contributed by atoms with E-state index in [0.717, 1.165) is 39.0 Å². The molecule has 2 aliphatic carbocycles. The summed E-state index contributed by atoms with van der Waals surface area (Å²) in [6, 6.07) is 82.7. The predicted molar refractivity (Wildman–Crippen MR) is 266 cm³/mol. The number of benzene rings is 10. The van der Waals surface area contributed by atoms with Gasteiger partial charge in [0.25, 0.3) is 0 Å². The van der Waals surface area contributed by atoms with E-state index >= 15 is 0 Å². The van der Waals surface area contributed by atoms with E-state index in [9.17, 15) is 0 Å². The minimum absolute atomic E-state index is 0.150. The minimum Gasteiger partial charge on any atom is -0.456 e. The molecule has 2 aliphatic rings. The average molecular weight is 818 g/mol. The summed E-state index contributed by atoms with van der Waals surface area (Å²) in [4.78, 5) is 2.44. The first kappa shape index (κ1) is 36.7. The van der Waals surface area contributed by atoms with Crippen molar-refractivity contribution in [2.45, 2.75) is 24.7 Å². The smallest absolute Gasteiger partial charge is 0.136 e. The van der Waals surface area contributed by atoms with Crippen molar-refractivity contribution in [2.24, 2.45) is 0 Å². The van der Waals surface area contributed by atoms with Crippen molar-refractivity contribution in [2.75, 3.05) is 4.90 Å². The van der Waals surface area contributed by atoms with Crippen molar-refractivity contribution in [3.8, 4) is 33.4 Å². The van der Waals surface area contributed by atoms with E-state index in [4.69, 9.17) is 4.42 Å². The molecule has 11 aromatic rings. The fourth-order valence-corrected chi connectivity index (χ4v) is 11.5. The van der Waals surface area contributed by atoms with Crippen LogP contribution in [0.4, 0.5) is 17.1 Å². The van der Waals surface area contributed by atoms with Gasteiger partial charge in [0, 0.05) is 33.2 Å². The molecule has 64 heavy (non-hydrogen) atoms. The van der Waals surface area contributed by atoms with E-state index in [1.165, 1.54) is 77.5 Å². The molecule has 1 heterocycles. The Labute approximate surface area is 373 Å². The summed E-state index contributed by atoms with van der Waals surface area (Å²) in [5, 5.41) is 4.63. The van der Waals surface area contributed by atoms with Gasteiger partial charge in [-0.1, -0.05) is 190 Å². The van der Waals surface area contributed by atoms with Crippen LogP contribution in [0.1, 0.15) is 47.2 Å². The van der Waals surface area contributed by atoms with Crippen molar-refractivity contribution in [3.63, 3.8) is 0 Å². The van der Waals surface area contributed by atoms with Crippen LogP contribution in [0.15, 0.2) is 229 Å². The number of rotatable bonds is 6. The molecule has 0 atom stereocenters. The van der Waals surface area contributed by atoms with E-state index in [-0.39, 0.29) is 5.41 Å². The van der Waals surface area contributed by atoms with E-state index in [0.29, 0.717) is 0 Å². The van der Waals surface area contributed by atoms with E-state index < -0.39 is 5.41 Å². The van der Waals surface area contributed by atoms with Gasteiger partial charge in [0.2, 0.25) is 0 Å². The highest BCUT2D eigenvalue weighted by Crippen LogP contribution is 2.57. The number of furan rings is 1. The summed E-state index contributed by atoms with van der Waals surface area (Å²) in [6.07, 6.45) is 0. The van der Waals surface area contributed by atoms with Crippen LogP contribution in [-0.2, 0) is 10.8 Å². The fourth-order valence-electron chi connectivity index (χ4n) is 11.5. The lowest BCUT2D eigenvalue weighted by atomic mass is 9.68. The largest absolute Gasteiger partial charge is 0.456 e. The summed E-state index contributed by atoms with van der Waals surface area (Å²) in [7, 11) is 0. The van der Waals surface area contributed by atoms with Crippen molar-refractivity contribution >= 4 is 49.8 Å². The number of fused-ring (bicyclic) bond motifs is 11. The molecule has 0 bridgehead atoms. The lowest BCUT2D eigenvalue weighted by Gasteiger charge is -2.34. The van der Waals surface area contributed by atoms with Gasteiger partial charge in [0.05, 0.1) is 5.41 Å². The summed E-state index contributed by atoms with van der Waals surface area (Å²) in [6.45, 7) is 4.72. The molecule has 0 saturated carbocycles. The Hall–Kier alpha value is -7.94. The van der Waals surface area contributed by atoms with Gasteiger partial charge in [-0.2, -0.15) is 0 Å². The molecule has 0 amide bonds. The Morgan fingerprint density at radius 2 is 0.859 bits per heavy atom.